The Kier molecular flexibility index (Phi) is 5.59. The monoisotopic (exact) mass is 410 g/mol. The van der Waals surface area contributed by atoms with Crippen LogP contribution in [0.1, 0.15) is 65.5 Å². The van der Waals surface area contributed by atoms with Gasteiger partial charge < -0.3 is 5.32 Å². The smallest absolute Gasteiger partial charge is 0.256 e. The van der Waals surface area contributed by atoms with Crippen molar-refractivity contribution in [3.05, 3.63) is 63.6 Å². The second-order valence-electron chi connectivity index (χ2n) is 8.20. The summed E-state index contributed by atoms with van der Waals surface area (Å²) in [6, 6.07) is 8.08. The van der Waals surface area contributed by atoms with E-state index in [9.17, 15) is 4.79 Å². The van der Waals surface area contributed by atoms with Crippen LogP contribution in [0.15, 0.2) is 30.5 Å². The average molecular weight is 411 g/mol. The van der Waals surface area contributed by atoms with Crippen LogP contribution in [0.4, 0.5) is 0 Å². The average Bonchev–Trinajstić information content (AvgIpc) is 3.12. The normalized spacial score (nSPS) is 19.4. The first kappa shape index (κ1) is 19.9. The Morgan fingerprint density at radius 2 is 1.93 bits per heavy atom. The van der Waals surface area contributed by atoms with Gasteiger partial charge in [0.2, 0.25) is 0 Å². The third-order valence-corrected chi connectivity index (χ3v) is 6.43. The van der Waals surface area contributed by atoms with Crippen molar-refractivity contribution in [2.24, 2.45) is 5.92 Å². The molecule has 1 aliphatic rings. The Labute approximate surface area is 176 Å². The molecule has 1 saturated carbocycles. The molecule has 29 heavy (non-hydrogen) atoms. The van der Waals surface area contributed by atoms with E-state index < -0.39 is 0 Å². The highest BCUT2D eigenvalue weighted by molar-refractivity contribution is 6.30. The molecule has 4 rings (SSSR count). The Morgan fingerprint density at radius 1 is 1.21 bits per heavy atom. The lowest BCUT2D eigenvalue weighted by molar-refractivity contribution is 0.0912. The van der Waals surface area contributed by atoms with Gasteiger partial charge in [0.05, 0.1) is 6.20 Å². The number of fused-ring (bicyclic) bond motifs is 1. The van der Waals surface area contributed by atoms with E-state index in [-0.39, 0.29) is 11.9 Å². The van der Waals surface area contributed by atoms with Crippen LogP contribution in [0.25, 0.3) is 5.65 Å². The van der Waals surface area contributed by atoms with E-state index in [0.29, 0.717) is 17.1 Å². The zero-order valence-corrected chi connectivity index (χ0v) is 18.0. The Hall–Kier alpha value is -2.40. The van der Waals surface area contributed by atoms with Gasteiger partial charge in [-0.2, -0.15) is 5.10 Å². The second kappa shape index (κ2) is 8.15. The zero-order valence-electron chi connectivity index (χ0n) is 17.2. The van der Waals surface area contributed by atoms with E-state index in [1.54, 1.807) is 10.7 Å². The van der Waals surface area contributed by atoms with Crippen LogP contribution in [-0.2, 0) is 6.42 Å². The highest BCUT2D eigenvalue weighted by Gasteiger charge is 2.25. The van der Waals surface area contributed by atoms with Gasteiger partial charge in [-0.25, -0.2) is 9.50 Å². The Bertz CT molecular complexity index is 1040. The molecule has 2 atom stereocenters. The summed E-state index contributed by atoms with van der Waals surface area (Å²) in [5.74, 6) is 0.437. The molecule has 2 aromatic heterocycles. The SMILES string of the molecule is Cc1nc2c(C(=O)NC3CCCCC3C)cnn2c(C)c1Cc1ccc(Cl)cc1. The summed E-state index contributed by atoms with van der Waals surface area (Å²) >= 11 is 6.00. The van der Waals surface area contributed by atoms with Crippen LogP contribution in [0, 0.1) is 19.8 Å². The van der Waals surface area contributed by atoms with E-state index >= 15 is 0 Å². The van der Waals surface area contributed by atoms with Gasteiger partial charge in [-0.1, -0.05) is 43.5 Å². The molecular weight excluding hydrogens is 384 g/mol. The topological polar surface area (TPSA) is 59.3 Å². The lowest BCUT2D eigenvalue weighted by atomic mass is 9.86. The third kappa shape index (κ3) is 4.01. The maximum absolute atomic E-state index is 12.9. The van der Waals surface area contributed by atoms with Gasteiger partial charge in [-0.05, 0) is 55.9 Å². The number of hydrogen-bond acceptors (Lipinski definition) is 3. The van der Waals surface area contributed by atoms with Crippen molar-refractivity contribution in [3.8, 4) is 0 Å². The first-order valence-electron chi connectivity index (χ1n) is 10.3. The summed E-state index contributed by atoms with van der Waals surface area (Å²) in [4.78, 5) is 17.7. The molecule has 0 saturated heterocycles. The standard InChI is InChI=1S/C23H27ClN4O/c1-14-6-4-5-7-21(14)27-23(29)20-13-25-28-16(3)19(15(2)26-22(20)28)12-17-8-10-18(24)11-9-17/h8-11,13-14,21H,4-7,12H2,1-3H3,(H,27,29). The lowest BCUT2D eigenvalue weighted by Gasteiger charge is -2.29. The molecule has 2 heterocycles. The van der Waals surface area contributed by atoms with Crippen molar-refractivity contribution < 1.29 is 4.79 Å². The molecule has 152 valence electrons. The predicted molar refractivity (Wildman–Crippen MR) is 116 cm³/mol. The Balaban J connectivity index is 1.63. The van der Waals surface area contributed by atoms with Gasteiger partial charge in [-0.15, -0.1) is 0 Å². The van der Waals surface area contributed by atoms with Crippen LogP contribution in [0.2, 0.25) is 5.02 Å². The number of carbonyl (C=O) groups excluding carboxylic acids is 1. The first-order valence-corrected chi connectivity index (χ1v) is 10.7. The number of nitrogens with one attached hydrogen (secondary N) is 1. The van der Waals surface area contributed by atoms with Gasteiger partial charge in [0.25, 0.3) is 5.91 Å². The molecule has 2 unspecified atom stereocenters. The van der Waals surface area contributed by atoms with Gasteiger partial charge in [0.15, 0.2) is 5.65 Å². The van der Waals surface area contributed by atoms with E-state index in [1.165, 1.54) is 19.3 Å². The third-order valence-electron chi connectivity index (χ3n) is 6.18. The van der Waals surface area contributed by atoms with Crippen LogP contribution in [-0.4, -0.2) is 26.5 Å². The molecule has 6 heteroatoms. The fraction of sp³-hybridized carbons (Fsp3) is 0.435. The number of hydrogen-bond donors (Lipinski definition) is 1. The minimum Gasteiger partial charge on any atom is -0.349 e. The lowest BCUT2D eigenvalue weighted by Crippen LogP contribution is -2.41. The zero-order chi connectivity index (χ0) is 20.5. The summed E-state index contributed by atoms with van der Waals surface area (Å²) in [7, 11) is 0. The number of benzene rings is 1. The molecule has 0 bridgehead atoms. The number of amides is 1. The van der Waals surface area contributed by atoms with E-state index in [2.05, 4.69) is 17.3 Å². The summed E-state index contributed by atoms with van der Waals surface area (Å²) in [5.41, 5.74) is 5.39. The maximum atomic E-state index is 12.9. The quantitative estimate of drug-likeness (QED) is 0.665. The van der Waals surface area contributed by atoms with Crippen LogP contribution >= 0.6 is 11.6 Å². The van der Waals surface area contributed by atoms with Crippen molar-refractivity contribution in [3.63, 3.8) is 0 Å². The van der Waals surface area contributed by atoms with Crippen molar-refractivity contribution in [1.29, 1.82) is 0 Å². The minimum atomic E-state index is -0.0736. The maximum Gasteiger partial charge on any atom is 0.256 e. The van der Waals surface area contributed by atoms with E-state index in [0.717, 1.165) is 40.4 Å². The fourth-order valence-corrected chi connectivity index (χ4v) is 4.44. The molecule has 1 amide bonds. The van der Waals surface area contributed by atoms with Crippen LogP contribution in [0.3, 0.4) is 0 Å². The van der Waals surface area contributed by atoms with Crippen LogP contribution in [0.5, 0.6) is 0 Å². The summed E-state index contributed by atoms with van der Waals surface area (Å²) in [5, 5.41) is 8.43. The largest absolute Gasteiger partial charge is 0.349 e. The molecule has 1 N–H and O–H groups in total. The molecular formula is C23H27ClN4O. The Morgan fingerprint density at radius 3 is 2.66 bits per heavy atom. The van der Waals surface area contributed by atoms with Gasteiger partial charge in [-0.3, -0.25) is 4.79 Å². The minimum absolute atomic E-state index is 0.0736. The number of carbonyl (C=O) groups is 1. The molecule has 3 aromatic rings. The van der Waals surface area contributed by atoms with Crippen LogP contribution < -0.4 is 5.32 Å². The van der Waals surface area contributed by atoms with Gasteiger partial charge in [0.1, 0.15) is 5.56 Å². The number of aryl methyl sites for hydroxylation is 2. The predicted octanol–water partition coefficient (Wildman–Crippen LogP) is 4.90. The number of nitrogens with zero attached hydrogens (tertiary/aromatic N) is 3. The molecule has 1 fully saturated rings. The number of aromatic nitrogens is 3. The number of rotatable bonds is 4. The molecule has 5 nitrogen and oxygen atoms in total. The van der Waals surface area contributed by atoms with Gasteiger partial charge in [0, 0.05) is 28.9 Å². The van der Waals surface area contributed by atoms with Gasteiger partial charge >= 0.3 is 0 Å². The molecule has 1 aromatic carbocycles. The molecule has 0 aliphatic heterocycles. The molecule has 0 spiro atoms. The van der Waals surface area contributed by atoms with E-state index in [4.69, 9.17) is 16.6 Å². The molecule has 0 radical (unpaired) electrons. The van der Waals surface area contributed by atoms with E-state index in [1.807, 2.05) is 38.1 Å². The fourth-order valence-electron chi connectivity index (χ4n) is 4.31. The highest BCUT2D eigenvalue weighted by Crippen LogP contribution is 2.25. The highest BCUT2D eigenvalue weighted by atomic mass is 35.5. The van der Waals surface area contributed by atoms with Crippen molar-refractivity contribution in [1.82, 2.24) is 19.9 Å². The first-order chi connectivity index (χ1) is 13.9. The summed E-state index contributed by atoms with van der Waals surface area (Å²) in [6.45, 7) is 6.25. The second-order valence-corrected chi connectivity index (χ2v) is 8.64. The van der Waals surface area contributed by atoms with Crippen molar-refractivity contribution in [2.75, 3.05) is 0 Å². The molecule has 1 aliphatic carbocycles. The number of halogens is 1. The summed E-state index contributed by atoms with van der Waals surface area (Å²) in [6.07, 6.45) is 7.03. The van der Waals surface area contributed by atoms with Crippen molar-refractivity contribution >= 4 is 23.2 Å². The summed E-state index contributed by atoms with van der Waals surface area (Å²) < 4.78 is 1.79. The van der Waals surface area contributed by atoms with Crippen molar-refractivity contribution in [2.45, 2.75) is 58.9 Å².